The van der Waals surface area contributed by atoms with Crippen molar-refractivity contribution in [2.45, 2.75) is 51.7 Å². The minimum Gasteiger partial charge on any atom is -0.407 e. The van der Waals surface area contributed by atoms with Gasteiger partial charge < -0.3 is 9.53 Å². The van der Waals surface area contributed by atoms with E-state index in [1.807, 2.05) is 0 Å². The highest BCUT2D eigenvalue weighted by atomic mass is 28.4. The van der Waals surface area contributed by atoms with Crippen molar-refractivity contribution >= 4 is 18.7 Å². The van der Waals surface area contributed by atoms with Crippen LogP contribution in [0.5, 0.6) is 0 Å². The van der Waals surface area contributed by atoms with E-state index >= 15 is 0 Å². The Morgan fingerprint density at radius 1 is 0.929 bits per heavy atom. The highest BCUT2D eigenvalue weighted by Gasteiger charge is 2.49. The third kappa shape index (κ3) is 5.37. The average Bonchev–Trinajstić information content (AvgIpc) is 2.68. The highest BCUT2D eigenvalue weighted by Crippen LogP contribution is 2.36. The molecule has 1 N–H and O–H groups in total. The lowest BCUT2D eigenvalue weighted by Gasteiger charge is -2.43. The van der Waals surface area contributed by atoms with Crippen molar-refractivity contribution in [3.05, 3.63) is 60.7 Å². The minimum atomic E-state index is -2.46. The van der Waals surface area contributed by atoms with E-state index in [-0.39, 0.29) is 5.04 Å². The van der Waals surface area contributed by atoms with Crippen molar-refractivity contribution < 1.29 is 9.53 Å². The molecule has 0 heterocycles. The number of aliphatic hydroxyl groups is 1. The maximum atomic E-state index is 9.57. The summed E-state index contributed by atoms with van der Waals surface area (Å²) >= 11 is 0. The fraction of sp³-hybridized carbons (Fsp3) is 0.360. The first-order valence-corrected chi connectivity index (χ1v) is 11.7. The second-order valence-corrected chi connectivity index (χ2v) is 12.0. The average molecular weight is 391 g/mol. The molecular weight excluding hydrogens is 360 g/mol. The maximum Gasteiger partial charge on any atom is 0.261 e. The molecule has 0 aromatic heterocycles. The highest BCUT2D eigenvalue weighted by molar-refractivity contribution is 6.99. The van der Waals surface area contributed by atoms with E-state index < -0.39 is 14.4 Å². The summed E-state index contributed by atoms with van der Waals surface area (Å²) in [7, 11) is -2.46. The van der Waals surface area contributed by atoms with Crippen LogP contribution in [0.25, 0.3) is 0 Å². The molecule has 28 heavy (non-hydrogen) atoms. The quantitative estimate of drug-likeness (QED) is 0.463. The van der Waals surface area contributed by atoms with Crippen LogP contribution in [-0.2, 0) is 4.43 Å². The van der Waals surface area contributed by atoms with Gasteiger partial charge in [-0.25, -0.2) is 0 Å². The molecule has 0 aliphatic carbocycles. The van der Waals surface area contributed by atoms with Crippen molar-refractivity contribution in [1.82, 2.24) is 0 Å². The second-order valence-electron chi connectivity index (χ2n) is 7.73. The third-order valence-electron chi connectivity index (χ3n) is 4.70. The zero-order chi connectivity index (χ0) is 20.5. The van der Waals surface area contributed by atoms with Crippen LogP contribution in [0.15, 0.2) is 60.7 Å². The van der Waals surface area contributed by atoms with E-state index in [4.69, 9.17) is 4.43 Å². The molecule has 0 fully saturated rings. The van der Waals surface area contributed by atoms with Crippen LogP contribution in [0.1, 0.15) is 40.5 Å². The van der Waals surface area contributed by atoms with Gasteiger partial charge in [0.1, 0.15) is 0 Å². The lowest BCUT2D eigenvalue weighted by molar-refractivity contribution is 0.288. The molecule has 0 aliphatic rings. The standard InChI is InChI=1S/C25H30O2Si/c1-5-15-22(26)16-9-8-14-21-27-28(25(2,3)4,23-17-10-6-11-18-23)24-19-12-7-13-20-24/h6-7,10-13,17-20,22,26H,8,14,21H2,1-4H3. The van der Waals surface area contributed by atoms with Crippen molar-refractivity contribution in [1.29, 1.82) is 0 Å². The molecule has 0 saturated carbocycles. The zero-order valence-corrected chi connectivity index (χ0v) is 18.3. The Balaban J connectivity index is 2.25. The van der Waals surface area contributed by atoms with Gasteiger partial charge in [0.15, 0.2) is 6.10 Å². The molecule has 146 valence electrons. The Morgan fingerprint density at radius 2 is 1.46 bits per heavy atom. The van der Waals surface area contributed by atoms with E-state index in [0.29, 0.717) is 13.0 Å². The molecule has 0 radical (unpaired) electrons. The number of aliphatic hydroxyl groups excluding tert-OH is 1. The fourth-order valence-corrected chi connectivity index (χ4v) is 8.10. The van der Waals surface area contributed by atoms with Gasteiger partial charge in [-0.2, -0.15) is 0 Å². The molecular formula is C25H30O2Si. The van der Waals surface area contributed by atoms with Gasteiger partial charge in [0, 0.05) is 13.0 Å². The van der Waals surface area contributed by atoms with E-state index in [2.05, 4.69) is 105 Å². The summed E-state index contributed by atoms with van der Waals surface area (Å²) in [5.41, 5.74) is 0. The molecule has 0 saturated heterocycles. The summed E-state index contributed by atoms with van der Waals surface area (Å²) in [6, 6.07) is 21.3. The first kappa shape index (κ1) is 22.0. The Labute approximate surface area is 171 Å². The van der Waals surface area contributed by atoms with Crippen LogP contribution in [-0.4, -0.2) is 26.1 Å². The van der Waals surface area contributed by atoms with Gasteiger partial charge >= 0.3 is 0 Å². The Bertz CT molecular complexity index is 806. The van der Waals surface area contributed by atoms with Crippen molar-refractivity contribution in [3.63, 3.8) is 0 Å². The molecule has 0 spiro atoms. The number of unbranched alkanes of at least 4 members (excludes halogenated alkanes) is 1. The molecule has 0 aliphatic heterocycles. The first-order valence-electron chi connectivity index (χ1n) is 9.75. The van der Waals surface area contributed by atoms with Crippen LogP contribution in [0, 0.1) is 23.7 Å². The number of benzene rings is 2. The van der Waals surface area contributed by atoms with Crippen molar-refractivity contribution in [2.75, 3.05) is 6.61 Å². The van der Waals surface area contributed by atoms with Crippen LogP contribution >= 0.6 is 0 Å². The van der Waals surface area contributed by atoms with Crippen LogP contribution < -0.4 is 10.4 Å². The van der Waals surface area contributed by atoms with Crippen molar-refractivity contribution in [3.8, 4) is 23.7 Å². The van der Waals surface area contributed by atoms with E-state index in [0.717, 1.165) is 6.42 Å². The van der Waals surface area contributed by atoms with E-state index in [1.54, 1.807) is 6.92 Å². The monoisotopic (exact) mass is 390 g/mol. The van der Waals surface area contributed by atoms with Crippen LogP contribution in [0.4, 0.5) is 0 Å². The Morgan fingerprint density at radius 3 is 1.93 bits per heavy atom. The van der Waals surface area contributed by atoms with Gasteiger partial charge in [-0.15, -0.1) is 5.92 Å². The molecule has 2 rings (SSSR count). The van der Waals surface area contributed by atoms with Gasteiger partial charge in [-0.05, 0) is 28.8 Å². The van der Waals surface area contributed by atoms with E-state index in [1.165, 1.54) is 10.4 Å². The Kier molecular flexibility index (Phi) is 8.09. The number of rotatable bonds is 6. The molecule has 1 unspecified atom stereocenters. The normalized spacial score (nSPS) is 12.3. The molecule has 2 aromatic rings. The summed E-state index contributed by atoms with van der Waals surface area (Å²) in [5.74, 6) is 11.1. The molecule has 0 amide bonds. The van der Waals surface area contributed by atoms with Gasteiger partial charge in [-0.1, -0.05) is 99.2 Å². The van der Waals surface area contributed by atoms with E-state index in [9.17, 15) is 5.11 Å². The summed E-state index contributed by atoms with van der Waals surface area (Å²) in [6.45, 7) is 9.16. The SMILES string of the molecule is CC#CC(O)C#CCCCO[Si](c1ccccc1)(c1ccccc1)C(C)(C)C. The predicted octanol–water partition coefficient (Wildman–Crippen LogP) is 3.73. The second kappa shape index (κ2) is 10.3. The largest absolute Gasteiger partial charge is 0.407 e. The summed E-state index contributed by atoms with van der Waals surface area (Å²) in [6.07, 6.45) is 0.646. The first-order chi connectivity index (χ1) is 13.4. The van der Waals surface area contributed by atoms with Crippen LogP contribution in [0.2, 0.25) is 5.04 Å². The van der Waals surface area contributed by atoms with Gasteiger partial charge in [0.05, 0.1) is 0 Å². The van der Waals surface area contributed by atoms with Gasteiger partial charge in [0.25, 0.3) is 8.32 Å². The molecule has 0 bridgehead atoms. The lowest BCUT2D eigenvalue weighted by atomic mass is 10.2. The number of hydrogen-bond acceptors (Lipinski definition) is 2. The number of hydrogen-bond donors (Lipinski definition) is 1. The summed E-state index contributed by atoms with van der Waals surface area (Å²) < 4.78 is 6.80. The smallest absolute Gasteiger partial charge is 0.261 e. The Hall–Kier alpha value is -2.30. The predicted molar refractivity (Wildman–Crippen MR) is 120 cm³/mol. The molecule has 2 nitrogen and oxygen atoms in total. The maximum absolute atomic E-state index is 9.57. The molecule has 2 aromatic carbocycles. The topological polar surface area (TPSA) is 29.5 Å². The van der Waals surface area contributed by atoms with Gasteiger partial charge in [-0.3, -0.25) is 0 Å². The summed E-state index contributed by atoms with van der Waals surface area (Å²) in [5, 5.41) is 12.1. The van der Waals surface area contributed by atoms with Gasteiger partial charge in [0.2, 0.25) is 0 Å². The van der Waals surface area contributed by atoms with Crippen LogP contribution in [0.3, 0.4) is 0 Å². The third-order valence-corrected chi connectivity index (χ3v) is 9.74. The fourth-order valence-electron chi connectivity index (χ4n) is 3.49. The minimum absolute atomic E-state index is 0.0195. The zero-order valence-electron chi connectivity index (χ0n) is 17.3. The summed E-state index contributed by atoms with van der Waals surface area (Å²) in [4.78, 5) is 0. The molecule has 3 heteroatoms. The molecule has 1 atom stereocenters. The lowest BCUT2D eigenvalue weighted by Crippen LogP contribution is -2.66. The van der Waals surface area contributed by atoms with Crippen molar-refractivity contribution in [2.24, 2.45) is 0 Å².